The van der Waals surface area contributed by atoms with Gasteiger partial charge in [0.05, 0.1) is 6.26 Å². The first-order chi connectivity index (χ1) is 12.3. The zero-order chi connectivity index (χ0) is 16.5. The van der Waals surface area contributed by atoms with Crippen LogP contribution in [-0.4, -0.2) is 0 Å². The molecule has 118 valence electrons. The normalized spacial score (nSPS) is 12.2. The van der Waals surface area contributed by atoms with Gasteiger partial charge in [-0.1, -0.05) is 36.4 Å². The van der Waals surface area contributed by atoms with E-state index in [-0.39, 0.29) is 0 Å². The Morgan fingerprint density at radius 1 is 0.520 bits per heavy atom. The first-order valence-electron chi connectivity index (χ1n) is 8.44. The van der Waals surface area contributed by atoms with Crippen molar-refractivity contribution >= 4 is 54.3 Å². The maximum absolute atomic E-state index is 5.79. The summed E-state index contributed by atoms with van der Waals surface area (Å²) in [6.45, 7) is 2.00. The van der Waals surface area contributed by atoms with Gasteiger partial charge in [0.1, 0.15) is 16.9 Å². The second kappa shape index (κ2) is 4.42. The van der Waals surface area contributed by atoms with E-state index in [1.807, 2.05) is 13.0 Å². The lowest BCUT2D eigenvalue weighted by Gasteiger charge is -2.08. The van der Waals surface area contributed by atoms with Gasteiger partial charge in [-0.25, -0.2) is 0 Å². The lowest BCUT2D eigenvalue weighted by atomic mass is 9.95. The van der Waals surface area contributed by atoms with Gasteiger partial charge in [-0.3, -0.25) is 0 Å². The maximum atomic E-state index is 5.79. The van der Waals surface area contributed by atoms with Crippen LogP contribution in [0.4, 0.5) is 0 Å². The summed E-state index contributed by atoms with van der Waals surface area (Å²) in [5.41, 5.74) is 1.88. The minimum atomic E-state index is 0.934. The Hall–Kier alpha value is -3.26. The molecule has 0 aliphatic carbocycles. The van der Waals surface area contributed by atoms with Gasteiger partial charge in [-0.15, -0.1) is 0 Å². The highest BCUT2D eigenvalue weighted by atomic mass is 16.3. The maximum Gasteiger partial charge on any atom is 0.134 e. The average molecular weight is 322 g/mol. The van der Waals surface area contributed by atoms with Crippen molar-refractivity contribution in [3.8, 4) is 0 Å². The molecule has 0 saturated heterocycles. The number of hydrogen-bond acceptors (Lipinski definition) is 2. The fourth-order valence-corrected chi connectivity index (χ4v) is 4.14. The Bertz CT molecular complexity index is 1450. The summed E-state index contributed by atoms with van der Waals surface area (Å²) in [6, 6.07) is 21.5. The van der Waals surface area contributed by atoms with Crippen molar-refractivity contribution in [2.24, 2.45) is 0 Å². The summed E-state index contributed by atoms with van der Waals surface area (Å²) in [5, 5.41) is 9.89. The molecule has 2 nitrogen and oxygen atoms in total. The number of benzene rings is 4. The number of aryl methyl sites for hydroxylation is 1. The second-order valence-electron chi connectivity index (χ2n) is 6.65. The van der Waals surface area contributed by atoms with E-state index in [0.29, 0.717) is 0 Å². The van der Waals surface area contributed by atoms with Crippen LogP contribution in [-0.2, 0) is 0 Å². The van der Waals surface area contributed by atoms with E-state index in [2.05, 4.69) is 54.6 Å². The quantitative estimate of drug-likeness (QED) is 0.283. The van der Waals surface area contributed by atoms with Gasteiger partial charge < -0.3 is 8.83 Å². The summed E-state index contributed by atoms with van der Waals surface area (Å²) in [6.07, 6.45) is 1.76. The van der Waals surface area contributed by atoms with E-state index in [1.165, 1.54) is 43.1 Å². The average Bonchev–Trinajstić information content (AvgIpc) is 3.25. The smallest absolute Gasteiger partial charge is 0.134 e. The largest absolute Gasteiger partial charge is 0.464 e. The van der Waals surface area contributed by atoms with Gasteiger partial charge in [0.25, 0.3) is 0 Å². The monoisotopic (exact) mass is 322 g/mol. The zero-order valence-electron chi connectivity index (χ0n) is 13.7. The number of hydrogen-bond donors (Lipinski definition) is 0. The molecule has 4 aromatic carbocycles. The molecule has 0 aliphatic heterocycles. The van der Waals surface area contributed by atoms with Gasteiger partial charge in [-0.05, 0) is 63.5 Å². The first-order valence-corrected chi connectivity index (χ1v) is 8.44. The molecule has 0 bridgehead atoms. The molecule has 2 heteroatoms. The first kappa shape index (κ1) is 13.1. The zero-order valence-corrected chi connectivity index (χ0v) is 13.7. The predicted octanol–water partition coefficient (Wildman–Crippen LogP) is 6.95. The van der Waals surface area contributed by atoms with E-state index in [9.17, 15) is 0 Å². The van der Waals surface area contributed by atoms with Crippen LogP contribution >= 0.6 is 0 Å². The van der Waals surface area contributed by atoms with Gasteiger partial charge in [-0.2, -0.15) is 0 Å². The van der Waals surface area contributed by atoms with Crippen LogP contribution in [0.2, 0.25) is 0 Å². The third-order valence-electron chi connectivity index (χ3n) is 5.25. The molecule has 0 N–H and O–H groups in total. The molecule has 0 fully saturated rings. The molecular weight excluding hydrogens is 308 g/mol. The van der Waals surface area contributed by atoms with Crippen LogP contribution < -0.4 is 0 Å². The van der Waals surface area contributed by atoms with Crippen LogP contribution in [0.25, 0.3) is 54.3 Å². The van der Waals surface area contributed by atoms with Crippen molar-refractivity contribution in [1.29, 1.82) is 0 Å². The molecule has 6 aromatic rings. The SMILES string of the molecule is Cc1cc2c(ccc3c2ccc2c4ccc5occc5c4ccc32)o1. The summed E-state index contributed by atoms with van der Waals surface area (Å²) >= 11 is 0. The van der Waals surface area contributed by atoms with Crippen molar-refractivity contribution in [3.05, 3.63) is 72.7 Å². The third-order valence-corrected chi connectivity index (χ3v) is 5.25. The topological polar surface area (TPSA) is 26.3 Å². The Labute approximate surface area is 143 Å². The van der Waals surface area contributed by atoms with E-state index < -0.39 is 0 Å². The van der Waals surface area contributed by atoms with E-state index in [1.54, 1.807) is 6.26 Å². The van der Waals surface area contributed by atoms with Crippen molar-refractivity contribution < 1.29 is 8.83 Å². The lowest BCUT2D eigenvalue weighted by Crippen LogP contribution is -1.82. The van der Waals surface area contributed by atoms with Gasteiger partial charge >= 0.3 is 0 Å². The number of furan rings is 2. The van der Waals surface area contributed by atoms with Gasteiger partial charge in [0.2, 0.25) is 0 Å². The molecule has 0 radical (unpaired) electrons. The molecule has 0 unspecified atom stereocenters. The van der Waals surface area contributed by atoms with Gasteiger partial charge in [0, 0.05) is 10.8 Å². The van der Waals surface area contributed by atoms with Crippen LogP contribution in [0.3, 0.4) is 0 Å². The minimum Gasteiger partial charge on any atom is -0.464 e. The molecule has 2 heterocycles. The predicted molar refractivity (Wildman–Crippen MR) is 103 cm³/mol. The summed E-state index contributed by atoms with van der Waals surface area (Å²) in [4.78, 5) is 0. The Balaban J connectivity index is 1.83. The van der Waals surface area contributed by atoms with Crippen LogP contribution in [0.5, 0.6) is 0 Å². The third kappa shape index (κ3) is 1.64. The minimum absolute atomic E-state index is 0.934. The summed E-state index contributed by atoms with van der Waals surface area (Å²) in [7, 11) is 0. The van der Waals surface area contributed by atoms with E-state index in [4.69, 9.17) is 8.83 Å². The highest BCUT2D eigenvalue weighted by molar-refractivity contribution is 6.24. The molecule has 6 rings (SSSR count). The highest BCUT2D eigenvalue weighted by Gasteiger charge is 2.11. The van der Waals surface area contributed by atoms with Crippen LogP contribution in [0.1, 0.15) is 5.76 Å². The standard InChI is InChI=1S/C23H14O2/c1-13-12-21-19-5-3-14-15(17(19)7-9-23(21)25-13)2-4-18-16(14)6-8-22-20(18)10-11-24-22/h2-12H,1H3. The van der Waals surface area contributed by atoms with Gasteiger partial charge in [0.15, 0.2) is 0 Å². The molecule has 2 aromatic heterocycles. The summed E-state index contributed by atoms with van der Waals surface area (Å²) in [5.74, 6) is 0.948. The van der Waals surface area contributed by atoms with E-state index >= 15 is 0 Å². The van der Waals surface area contributed by atoms with Crippen molar-refractivity contribution in [1.82, 2.24) is 0 Å². The molecule has 0 amide bonds. The number of fused-ring (bicyclic) bond motifs is 9. The lowest BCUT2D eigenvalue weighted by molar-refractivity contribution is 0.579. The highest BCUT2D eigenvalue weighted by Crippen LogP contribution is 2.37. The number of rotatable bonds is 0. The fourth-order valence-electron chi connectivity index (χ4n) is 4.14. The van der Waals surface area contributed by atoms with Crippen molar-refractivity contribution in [3.63, 3.8) is 0 Å². The molecule has 0 aliphatic rings. The molecule has 0 atom stereocenters. The van der Waals surface area contributed by atoms with Crippen LogP contribution in [0, 0.1) is 6.92 Å². The molecule has 0 spiro atoms. The fraction of sp³-hybridized carbons (Fsp3) is 0.0435. The second-order valence-corrected chi connectivity index (χ2v) is 6.65. The van der Waals surface area contributed by atoms with Crippen molar-refractivity contribution in [2.75, 3.05) is 0 Å². The van der Waals surface area contributed by atoms with Crippen LogP contribution in [0.15, 0.2) is 75.8 Å². The van der Waals surface area contributed by atoms with E-state index in [0.717, 1.165) is 16.9 Å². The van der Waals surface area contributed by atoms with Crippen molar-refractivity contribution in [2.45, 2.75) is 6.92 Å². The Morgan fingerprint density at radius 3 is 1.72 bits per heavy atom. The Morgan fingerprint density at radius 2 is 1.04 bits per heavy atom. The molecule has 25 heavy (non-hydrogen) atoms. The summed E-state index contributed by atoms with van der Waals surface area (Å²) < 4.78 is 11.3. The Kier molecular flexibility index (Phi) is 2.31. The molecule has 0 saturated carbocycles. The molecular formula is C23H14O2.